The van der Waals surface area contributed by atoms with Gasteiger partial charge in [-0.2, -0.15) is 0 Å². The van der Waals surface area contributed by atoms with Gasteiger partial charge in [0.25, 0.3) is 0 Å². The standard InChI is InChI=1S/C8H17N3O3S/c1-9-15(13,14)6-8(12)11-7-3-2-4-10-5-7/h7,9-10H,2-6H2,1H3,(H,11,12)/t7-/m1/s1. The monoisotopic (exact) mass is 235 g/mol. The highest BCUT2D eigenvalue weighted by Gasteiger charge is 2.19. The Balaban J connectivity index is 2.35. The Morgan fingerprint density at radius 3 is 2.80 bits per heavy atom. The van der Waals surface area contributed by atoms with Crippen LogP contribution in [0.3, 0.4) is 0 Å². The Bertz CT molecular complexity index is 309. The molecule has 0 aromatic rings. The Morgan fingerprint density at radius 1 is 1.53 bits per heavy atom. The van der Waals surface area contributed by atoms with Crippen molar-refractivity contribution in [1.82, 2.24) is 15.4 Å². The van der Waals surface area contributed by atoms with Gasteiger partial charge in [0.15, 0.2) is 0 Å². The molecular weight excluding hydrogens is 218 g/mol. The number of rotatable bonds is 4. The summed E-state index contributed by atoms with van der Waals surface area (Å²) in [5, 5.41) is 5.83. The van der Waals surface area contributed by atoms with Gasteiger partial charge in [-0.3, -0.25) is 4.79 Å². The average Bonchev–Trinajstić information content (AvgIpc) is 2.18. The van der Waals surface area contributed by atoms with Crippen molar-refractivity contribution in [2.75, 3.05) is 25.9 Å². The molecule has 0 saturated carbocycles. The molecule has 0 aromatic carbocycles. The highest BCUT2D eigenvalue weighted by Crippen LogP contribution is 2.00. The first kappa shape index (κ1) is 12.4. The number of hydrogen-bond acceptors (Lipinski definition) is 4. The normalized spacial score (nSPS) is 22.3. The van der Waals surface area contributed by atoms with Crippen LogP contribution >= 0.6 is 0 Å². The van der Waals surface area contributed by atoms with E-state index in [1.807, 2.05) is 0 Å². The molecule has 3 N–H and O–H groups in total. The fourth-order valence-electron chi connectivity index (χ4n) is 1.49. The lowest BCUT2D eigenvalue weighted by atomic mass is 10.1. The molecule has 0 aliphatic carbocycles. The number of carbonyl (C=O) groups excluding carboxylic acids is 1. The fraction of sp³-hybridized carbons (Fsp3) is 0.875. The van der Waals surface area contributed by atoms with Crippen LogP contribution in [0.4, 0.5) is 0 Å². The third-order valence-electron chi connectivity index (χ3n) is 2.29. The Hall–Kier alpha value is -0.660. The van der Waals surface area contributed by atoms with Crippen LogP contribution < -0.4 is 15.4 Å². The summed E-state index contributed by atoms with van der Waals surface area (Å²) in [7, 11) is -2.16. The fourth-order valence-corrected chi connectivity index (χ4v) is 2.06. The molecule has 1 amide bonds. The first-order valence-electron chi connectivity index (χ1n) is 4.95. The molecule has 1 rings (SSSR count). The SMILES string of the molecule is CNS(=O)(=O)CC(=O)N[C@@H]1CCCNC1. The molecule has 1 atom stereocenters. The zero-order valence-corrected chi connectivity index (χ0v) is 9.56. The number of carbonyl (C=O) groups is 1. The number of piperidine rings is 1. The van der Waals surface area contributed by atoms with Gasteiger partial charge in [-0.25, -0.2) is 13.1 Å². The van der Waals surface area contributed by atoms with Gasteiger partial charge < -0.3 is 10.6 Å². The van der Waals surface area contributed by atoms with Gasteiger partial charge >= 0.3 is 0 Å². The lowest BCUT2D eigenvalue weighted by Crippen LogP contribution is -2.47. The lowest BCUT2D eigenvalue weighted by molar-refractivity contribution is -0.119. The molecule has 0 unspecified atom stereocenters. The largest absolute Gasteiger partial charge is 0.351 e. The van der Waals surface area contributed by atoms with Crippen LogP contribution in [0.1, 0.15) is 12.8 Å². The number of hydrogen-bond donors (Lipinski definition) is 3. The van der Waals surface area contributed by atoms with Gasteiger partial charge in [-0.05, 0) is 26.4 Å². The Morgan fingerprint density at radius 2 is 2.27 bits per heavy atom. The van der Waals surface area contributed by atoms with E-state index >= 15 is 0 Å². The van der Waals surface area contributed by atoms with E-state index in [-0.39, 0.29) is 6.04 Å². The second-order valence-corrected chi connectivity index (χ2v) is 5.50. The molecule has 1 aliphatic heterocycles. The summed E-state index contributed by atoms with van der Waals surface area (Å²) in [4.78, 5) is 11.3. The molecule has 1 heterocycles. The van der Waals surface area contributed by atoms with Crippen LogP contribution in [-0.2, 0) is 14.8 Å². The van der Waals surface area contributed by atoms with Crippen LogP contribution in [-0.4, -0.2) is 46.3 Å². The lowest BCUT2D eigenvalue weighted by Gasteiger charge is -2.23. The van der Waals surface area contributed by atoms with Crippen molar-refractivity contribution in [1.29, 1.82) is 0 Å². The second kappa shape index (κ2) is 5.43. The van der Waals surface area contributed by atoms with Crippen LogP contribution in [0.25, 0.3) is 0 Å². The van der Waals surface area contributed by atoms with E-state index in [1.165, 1.54) is 7.05 Å². The van der Waals surface area contributed by atoms with Crippen molar-refractivity contribution in [3.05, 3.63) is 0 Å². The Kier molecular flexibility index (Phi) is 4.49. The predicted octanol–water partition coefficient (Wildman–Crippen LogP) is -1.60. The maximum absolute atomic E-state index is 11.3. The van der Waals surface area contributed by atoms with Gasteiger partial charge in [0.05, 0.1) is 0 Å². The molecule has 7 heteroatoms. The van der Waals surface area contributed by atoms with Crippen LogP contribution in [0.2, 0.25) is 0 Å². The summed E-state index contributed by atoms with van der Waals surface area (Å²) in [6.07, 6.45) is 1.90. The highest BCUT2D eigenvalue weighted by molar-refractivity contribution is 7.90. The molecule has 88 valence electrons. The van der Waals surface area contributed by atoms with Crippen LogP contribution in [0.5, 0.6) is 0 Å². The minimum atomic E-state index is -3.45. The van der Waals surface area contributed by atoms with E-state index < -0.39 is 21.7 Å². The summed E-state index contributed by atoms with van der Waals surface area (Å²) in [5.74, 6) is -0.946. The smallest absolute Gasteiger partial charge is 0.236 e. The second-order valence-electron chi connectivity index (χ2n) is 3.57. The topological polar surface area (TPSA) is 87.3 Å². The zero-order chi connectivity index (χ0) is 11.3. The molecular formula is C8H17N3O3S. The summed E-state index contributed by atoms with van der Waals surface area (Å²) >= 11 is 0. The maximum Gasteiger partial charge on any atom is 0.236 e. The van der Waals surface area contributed by atoms with Crippen molar-refractivity contribution in [2.45, 2.75) is 18.9 Å². The van der Waals surface area contributed by atoms with Crippen molar-refractivity contribution in [3.8, 4) is 0 Å². The van der Waals surface area contributed by atoms with Gasteiger partial charge in [-0.1, -0.05) is 0 Å². The predicted molar refractivity (Wildman–Crippen MR) is 56.9 cm³/mol. The van der Waals surface area contributed by atoms with E-state index in [4.69, 9.17) is 0 Å². The molecule has 6 nitrogen and oxygen atoms in total. The van der Waals surface area contributed by atoms with E-state index in [1.54, 1.807) is 0 Å². The van der Waals surface area contributed by atoms with Gasteiger partial charge in [0.2, 0.25) is 15.9 Å². The van der Waals surface area contributed by atoms with Crippen LogP contribution in [0.15, 0.2) is 0 Å². The van der Waals surface area contributed by atoms with Gasteiger partial charge in [0.1, 0.15) is 5.75 Å². The molecule has 0 aromatic heterocycles. The van der Waals surface area contributed by atoms with Gasteiger partial charge in [0, 0.05) is 12.6 Å². The number of nitrogens with one attached hydrogen (secondary N) is 3. The minimum absolute atomic E-state index is 0.0540. The zero-order valence-electron chi connectivity index (χ0n) is 8.75. The van der Waals surface area contributed by atoms with E-state index in [9.17, 15) is 13.2 Å². The summed E-state index contributed by atoms with van der Waals surface area (Å²) in [6, 6.07) is 0.0540. The molecule has 15 heavy (non-hydrogen) atoms. The maximum atomic E-state index is 11.3. The van der Waals surface area contributed by atoms with E-state index in [2.05, 4.69) is 15.4 Å². The summed E-state index contributed by atoms with van der Waals surface area (Å²) in [6.45, 7) is 1.67. The number of amides is 1. The first-order valence-corrected chi connectivity index (χ1v) is 6.60. The Labute approximate surface area is 89.9 Å². The van der Waals surface area contributed by atoms with E-state index in [0.717, 1.165) is 19.4 Å². The molecule has 1 saturated heterocycles. The van der Waals surface area contributed by atoms with Crippen LogP contribution in [0, 0.1) is 0 Å². The molecule has 1 fully saturated rings. The summed E-state index contributed by atoms with van der Waals surface area (Å²) in [5.41, 5.74) is 0. The highest BCUT2D eigenvalue weighted by atomic mass is 32.2. The van der Waals surface area contributed by atoms with E-state index in [0.29, 0.717) is 6.54 Å². The van der Waals surface area contributed by atoms with Crippen molar-refractivity contribution >= 4 is 15.9 Å². The quantitative estimate of drug-likeness (QED) is 0.548. The molecule has 0 bridgehead atoms. The third-order valence-corrected chi connectivity index (χ3v) is 3.56. The third kappa shape index (κ3) is 4.59. The molecule has 0 radical (unpaired) electrons. The average molecular weight is 235 g/mol. The first-order chi connectivity index (χ1) is 7.03. The summed E-state index contributed by atoms with van der Waals surface area (Å²) < 4.78 is 24.2. The number of sulfonamides is 1. The van der Waals surface area contributed by atoms with Crippen molar-refractivity contribution in [3.63, 3.8) is 0 Å². The van der Waals surface area contributed by atoms with Gasteiger partial charge in [-0.15, -0.1) is 0 Å². The minimum Gasteiger partial charge on any atom is -0.351 e. The van der Waals surface area contributed by atoms with Crippen molar-refractivity contribution in [2.24, 2.45) is 0 Å². The van der Waals surface area contributed by atoms with Crippen molar-refractivity contribution < 1.29 is 13.2 Å². The molecule has 0 spiro atoms. The molecule has 1 aliphatic rings.